The lowest BCUT2D eigenvalue weighted by Crippen LogP contribution is -2.61. The van der Waals surface area contributed by atoms with E-state index in [2.05, 4.69) is 16.6 Å². The number of esters is 1. The Labute approximate surface area is 113 Å². The molecule has 1 fully saturated rings. The van der Waals surface area contributed by atoms with Crippen LogP contribution in [-0.4, -0.2) is 61.6 Å². The Bertz CT molecular complexity index is 365. The van der Waals surface area contributed by atoms with Crippen LogP contribution in [0.3, 0.4) is 0 Å². The summed E-state index contributed by atoms with van der Waals surface area (Å²) in [5.74, 6) is 1.88. The molecule has 19 heavy (non-hydrogen) atoms. The van der Waals surface area contributed by atoms with Gasteiger partial charge in [0.2, 0.25) is 5.91 Å². The average molecular weight is 267 g/mol. The highest BCUT2D eigenvalue weighted by Crippen LogP contribution is 2.10. The minimum Gasteiger partial charge on any atom is -0.465 e. The molecule has 0 aromatic carbocycles. The summed E-state index contributed by atoms with van der Waals surface area (Å²) in [6.45, 7) is 5.91. The lowest BCUT2D eigenvalue weighted by molar-refractivity contribution is -0.152. The standard InChI is InChI=1S/C13H21N3O3/c1-4-6-15-12(17)10(3)16-8-7-14-9-11(16)13(18)19-5-2/h1,10-11,14H,5-9H2,2-3H3,(H,15,17). The number of carbonyl (C=O) groups excluding carboxylic acids is 2. The molecule has 2 N–H and O–H groups in total. The second-order valence-electron chi connectivity index (χ2n) is 4.31. The maximum atomic E-state index is 11.9. The molecule has 0 radical (unpaired) electrons. The summed E-state index contributed by atoms with van der Waals surface area (Å²) >= 11 is 0. The topological polar surface area (TPSA) is 70.7 Å². The summed E-state index contributed by atoms with van der Waals surface area (Å²) in [6.07, 6.45) is 5.11. The monoisotopic (exact) mass is 267 g/mol. The average Bonchev–Trinajstić information content (AvgIpc) is 2.44. The molecule has 0 spiro atoms. The fourth-order valence-corrected chi connectivity index (χ4v) is 2.08. The third kappa shape index (κ3) is 4.23. The van der Waals surface area contributed by atoms with Gasteiger partial charge < -0.3 is 15.4 Å². The molecule has 0 aromatic heterocycles. The molecule has 1 saturated heterocycles. The number of piperazine rings is 1. The van der Waals surface area contributed by atoms with Crippen LogP contribution in [-0.2, 0) is 14.3 Å². The van der Waals surface area contributed by atoms with Crippen LogP contribution in [0.15, 0.2) is 0 Å². The van der Waals surface area contributed by atoms with E-state index < -0.39 is 12.1 Å². The number of nitrogens with one attached hydrogen (secondary N) is 2. The van der Waals surface area contributed by atoms with Gasteiger partial charge in [-0.1, -0.05) is 5.92 Å². The maximum absolute atomic E-state index is 11.9. The normalized spacial score (nSPS) is 21.2. The molecule has 0 bridgehead atoms. The van der Waals surface area contributed by atoms with E-state index in [1.807, 2.05) is 4.90 Å². The van der Waals surface area contributed by atoms with Crippen LogP contribution in [0.2, 0.25) is 0 Å². The van der Waals surface area contributed by atoms with Gasteiger partial charge in [-0.2, -0.15) is 0 Å². The molecular weight excluding hydrogens is 246 g/mol. The lowest BCUT2D eigenvalue weighted by atomic mass is 10.1. The molecule has 6 nitrogen and oxygen atoms in total. The Morgan fingerprint density at radius 2 is 2.37 bits per heavy atom. The van der Waals surface area contributed by atoms with Crippen LogP contribution < -0.4 is 10.6 Å². The molecule has 0 saturated carbocycles. The van der Waals surface area contributed by atoms with E-state index in [0.717, 1.165) is 6.54 Å². The smallest absolute Gasteiger partial charge is 0.324 e. The van der Waals surface area contributed by atoms with Gasteiger partial charge in [0.05, 0.1) is 19.2 Å². The molecule has 1 aliphatic rings. The first-order chi connectivity index (χ1) is 9.11. The highest BCUT2D eigenvalue weighted by molar-refractivity contribution is 5.83. The second-order valence-corrected chi connectivity index (χ2v) is 4.31. The van der Waals surface area contributed by atoms with E-state index >= 15 is 0 Å². The first kappa shape index (κ1) is 15.5. The van der Waals surface area contributed by atoms with Crippen molar-refractivity contribution in [3.05, 3.63) is 0 Å². The molecule has 2 unspecified atom stereocenters. The van der Waals surface area contributed by atoms with Crippen LogP contribution in [0.1, 0.15) is 13.8 Å². The SMILES string of the molecule is C#CCNC(=O)C(C)N1CCNCC1C(=O)OCC. The molecule has 2 atom stereocenters. The van der Waals surface area contributed by atoms with Crippen molar-refractivity contribution in [1.29, 1.82) is 0 Å². The van der Waals surface area contributed by atoms with Crippen molar-refractivity contribution in [1.82, 2.24) is 15.5 Å². The van der Waals surface area contributed by atoms with Crippen LogP contribution >= 0.6 is 0 Å². The highest BCUT2D eigenvalue weighted by atomic mass is 16.5. The predicted molar refractivity (Wildman–Crippen MR) is 71.3 cm³/mol. The van der Waals surface area contributed by atoms with Gasteiger partial charge in [0.1, 0.15) is 6.04 Å². The van der Waals surface area contributed by atoms with E-state index in [4.69, 9.17) is 11.2 Å². The van der Waals surface area contributed by atoms with Crippen LogP contribution in [0.5, 0.6) is 0 Å². The van der Waals surface area contributed by atoms with Crippen molar-refractivity contribution in [3.8, 4) is 12.3 Å². The summed E-state index contributed by atoms with van der Waals surface area (Å²) < 4.78 is 5.04. The van der Waals surface area contributed by atoms with E-state index in [1.165, 1.54) is 0 Å². The number of terminal acetylenes is 1. The van der Waals surface area contributed by atoms with Gasteiger partial charge in [-0.25, -0.2) is 0 Å². The summed E-state index contributed by atoms with van der Waals surface area (Å²) in [7, 11) is 0. The number of amides is 1. The van der Waals surface area contributed by atoms with Crippen LogP contribution in [0.25, 0.3) is 0 Å². The maximum Gasteiger partial charge on any atom is 0.324 e. The zero-order valence-electron chi connectivity index (χ0n) is 11.4. The van der Waals surface area contributed by atoms with Crippen molar-refractivity contribution in [2.24, 2.45) is 0 Å². The molecular formula is C13H21N3O3. The first-order valence-corrected chi connectivity index (χ1v) is 6.46. The zero-order valence-corrected chi connectivity index (χ0v) is 11.4. The lowest BCUT2D eigenvalue weighted by Gasteiger charge is -2.37. The fourth-order valence-electron chi connectivity index (χ4n) is 2.08. The first-order valence-electron chi connectivity index (χ1n) is 6.46. The fraction of sp³-hybridized carbons (Fsp3) is 0.692. The highest BCUT2D eigenvalue weighted by Gasteiger charge is 2.35. The van der Waals surface area contributed by atoms with E-state index in [1.54, 1.807) is 13.8 Å². The van der Waals surface area contributed by atoms with Crippen molar-refractivity contribution in [2.45, 2.75) is 25.9 Å². The third-order valence-electron chi connectivity index (χ3n) is 3.09. The zero-order chi connectivity index (χ0) is 14.3. The number of carbonyl (C=O) groups is 2. The van der Waals surface area contributed by atoms with Gasteiger partial charge in [-0.3, -0.25) is 14.5 Å². The van der Waals surface area contributed by atoms with Crippen LogP contribution in [0.4, 0.5) is 0 Å². The number of hydrogen-bond acceptors (Lipinski definition) is 5. The van der Waals surface area contributed by atoms with Crippen molar-refractivity contribution >= 4 is 11.9 Å². The van der Waals surface area contributed by atoms with E-state index in [0.29, 0.717) is 19.7 Å². The van der Waals surface area contributed by atoms with Crippen molar-refractivity contribution in [3.63, 3.8) is 0 Å². The largest absolute Gasteiger partial charge is 0.465 e. The quantitative estimate of drug-likeness (QED) is 0.492. The van der Waals surface area contributed by atoms with Crippen molar-refractivity contribution in [2.75, 3.05) is 32.8 Å². The van der Waals surface area contributed by atoms with Crippen molar-refractivity contribution < 1.29 is 14.3 Å². The summed E-state index contributed by atoms with van der Waals surface area (Å²) in [6, 6.07) is -0.842. The summed E-state index contributed by atoms with van der Waals surface area (Å²) in [4.78, 5) is 25.6. The molecule has 1 heterocycles. The Morgan fingerprint density at radius 3 is 3.00 bits per heavy atom. The molecule has 0 aliphatic carbocycles. The minimum atomic E-state index is -0.430. The number of hydrogen-bond donors (Lipinski definition) is 2. The van der Waals surface area contributed by atoms with Gasteiger partial charge in [-0.15, -0.1) is 6.42 Å². The van der Waals surface area contributed by atoms with Gasteiger partial charge in [0.25, 0.3) is 0 Å². The Balaban J connectivity index is 2.68. The molecule has 1 rings (SSSR count). The molecule has 1 amide bonds. The van der Waals surface area contributed by atoms with Gasteiger partial charge in [-0.05, 0) is 13.8 Å². The summed E-state index contributed by atoms with van der Waals surface area (Å²) in [5, 5.41) is 5.77. The second kappa shape index (κ2) is 7.77. The summed E-state index contributed by atoms with van der Waals surface area (Å²) in [5.41, 5.74) is 0. The minimum absolute atomic E-state index is 0.172. The number of rotatable bonds is 5. The Kier molecular flexibility index (Phi) is 6.33. The third-order valence-corrected chi connectivity index (χ3v) is 3.09. The molecule has 1 aliphatic heterocycles. The number of ether oxygens (including phenoxy) is 1. The van der Waals surface area contributed by atoms with Gasteiger partial charge >= 0.3 is 5.97 Å². The molecule has 0 aromatic rings. The Hall–Kier alpha value is -1.58. The number of nitrogens with zero attached hydrogens (tertiary/aromatic N) is 1. The van der Waals surface area contributed by atoms with E-state index in [-0.39, 0.29) is 18.4 Å². The van der Waals surface area contributed by atoms with Crippen LogP contribution in [0, 0.1) is 12.3 Å². The van der Waals surface area contributed by atoms with Gasteiger partial charge in [0, 0.05) is 19.6 Å². The van der Waals surface area contributed by atoms with Gasteiger partial charge in [0.15, 0.2) is 0 Å². The Morgan fingerprint density at radius 1 is 1.63 bits per heavy atom. The van der Waals surface area contributed by atoms with E-state index in [9.17, 15) is 9.59 Å². The predicted octanol–water partition coefficient (Wildman–Crippen LogP) is -1.04. The molecule has 106 valence electrons. The molecule has 6 heteroatoms.